The molecule has 2 aromatic rings. The molecule has 1 atom stereocenters. The number of aromatic nitrogens is 3. The number of carbonyl (C=O) groups is 2. The Labute approximate surface area is 143 Å². The van der Waals surface area contributed by atoms with Crippen molar-refractivity contribution in [2.75, 3.05) is 16.8 Å². The maximum absolute atomic E-state index is 12.8. The lowest BCUT2D eigenvalue weighted by atomic mass is 10.2. The zero-order chi connectivity index (χ0) is 16.7. The van der Waals surface area contributed by atoms with Crippen molar-refractivity contribution in [1.82, 2.24) is 15.2 Å². The topological polar surface area (TPSA) is 91.0 Å². The maximum Gasteiger partial charge on any atom is 0.244 e. The van der Waals surface area contributed by atoms with Gasteiger partial charge in [0, 0.05) is 5.92 Å². The molecule has 2 N–H and O–H groups in total. The molecule has 0 bridgehead atoms. The highest BCUT2D eigenvalue weighted by molar-refractivity contribution is 8.00. The maximum atomic E-state index is 12.8. The standard InChI is InChI=1S/C16H17N5O2S/c1-9(24-16-18-14(19-20-16)10-6-7-10)15(23)21-8-13(22)17-11-4-2-3-5-12(11)21/h2-5,9-10H,6-8H2,1H3,(H,17,22)(H,18,19,20)/t9-/m1/s1. The summed E-state index contributed by atoms with van der Waals surface area (Å²) in [5, 5.41) is 10.1. The van der Waals surface area contributed by atoms with E-state index in [0.717, 1.165) is 24.4 Å². The van der Waals surface area contributed by atoms with Crippen LogP contribution in [0.5, 0.6) is 0 Å². The number of nitrogens with one attached hydrogen (secondary N) is 2. The van der Waals surface area contributed by atoms with Crippen LogP contribution in [0.15, 0.2) is 29.4 Å². The van der Waals surface area contributed by atoms with Crippen molar-refractivity contribution >= 4 is 35.0 Å². The van der Waals surface area contributed by atoms with Gasteiger partial charge in [-0.05, 0) is 31.9 Å². The Morgan fingerprint density at radius 1 is 1.38 bits per heavy atom. The molecule has 0 unspecified atom stereocenters. The molecule has 0 spiro atoms. The van der Waals surface area contributed by atoms with Gasteiger partial charge in [0.25, 0.3) is 0 Å². The van der Waals surface area contributed by atoms with Crippen LogP contribution in [0, 0.1) is 0 Å². The highest BCUT2D eigenvalue weighted by Crippen LogP contribution is 2.38. The third-order valence-electron chi connectivity index (χ3n) is 4.11. The van der Waals surface area contributed by atoms with E-state index in [-0.39, 0.29) is 23.6 Å². The van der Waals surface area contributed by atoms with E-state index >= 15 is 0 Å². The summed E-state index contributed by atoms with van der Waals surface area (Å²) in [6, 6.07) is 7.31. The Hall–Kier alpha value is -2.35. The van der Waals surface area contributed by atoms with Crippen LogP contribution in [0.25, 0.3) is 0 Å². The molecule has 1 aromatic carbocycles. The molecule has 1 aliphatic carbocycles. The third kappa shape index (κ3) is 2.89. The number of amides is 2. The first-order valence-corrected chi connectivity index (χ1v) is 8.79. The van der Waals surface area contributed by atoms with E-state index in [4.69, 9.17) is 0 Å². The van der Waals surface area contributed by atoms with Crippen molar-refractivity contribution in [3.8, 4) is 0 Å². The van der Waals surface area contributed by atoms with Gasteiger partial charge in [0.2, 0.25) is 17.0 Å². The van der Waals surface area contributed by atoms with Crippen molar-refractivity contribution in [3.63, 3.8) is 0 Å². The zero-order valence-corrected chi connectivity index (χ0v) is 14.0. The van der Waals surface area contributed by atoms with Gasteiger partial charge >= 0.3 is 0 Å². The zero-order valence-electron chi connectivity index (χ0n) is 13.2. The molecular weight excluding hydrogens is 326 g/mol. The van der Waals surface area contributed by atoms with E-state index in [1.807, 2.05) is 25.1 Å². The normalized spacial score (nSPS) is 18.0. The van der Waals surface area contributed by atoms with E-state index < -0.39 is 0 Å². The number of rotatable bonds is 4. The van der Waals surface area contributed by atoms with Crippen molar-refractivity contribution in [2.45, 2.75) is 36.1 Å². The molecule has 24 heavy (non-hydrogen) atoms. The van der Waals surface area contributed by atoms with Gasteiger partial charge in [0.15, 0.2) is 0 Å². The fourth-order valence-corrected chi connectivity index (χ4v) is 3.50. The summed E-state index contributed by atoms with van der Waals surface area (Å²) in [6.45, 7) is 1.84. The number of fused-ring (bicyclic) bond motifs is 1. The first kappa shape index (κ1) is 15.2. The van der Waals surface area contributed by atoms with E-state index in [1.54, 1.807) is 6.07 Å². The van der Waals surface area contributed by atoms with Crippen LogP contribution < -0.4 is 10.2 Å². The monoisotopic (exact) mass is 343 g/mol. The number of aromatic amines is 1. The van der Waals surface area contributed by atoms with Crippen molar-refractivity contribution < 1.29 is 9.59 Å². The van der Waals surface area contributed by atoms with Gasteiger partial charge in [0.05, 0.1) is 16.6 Å². The molecule has 2 heterocycles. The largest absolute Gasteiger partial charge is 0.323 e. The molecule has 0 saturated heterocycles. The lowest BCUT2D eigenvalue weighted by molar-refractivity contribution is -0.121. The number of hydrogen-bond donors (Lipinski definition) is 2. The number of nitrogens with zero attached hydrogens (tertiary/aromatic N) is 3. The highest BCUT2D eigenvalue weighted by atomic mass is 32.2. The van der Waals surface area contributed by atoms with Crippen LogP contribution in [-0.2, 0) is 9.59 Å². The number of H-pyrrole nitrogens is 1. The van der Waals surface area contributed by atoms with Crippen LogP contribution in [0.1, 0.15) is 31.5 Å². The van der Waals surface area contributed by atoms with Gasteiger partial charge in [-0.15, -0.1) is 5.10 Å². The van der Waals surface area contributed by atoms with Crippen LogP contribution in [-0.4, -0.2) is 38.8 Å². The van der Waals surface area contributed by atoms with Crippen LogP contribution >= 0.6 is 11.8 Å². The quantitative estimate of drug-likeness (QED) is 0.830. The summed E-state index contributed by atoms with van der Waals surface area (Å²) < 4.78 is 0. The van der Waals surface area contributed by atoms with Crippen LogP contribution in [0.2, 0.25) is 0 Å². The molecule has 1 fully saturated rings. The fraction of sp³-hybridized carbons (Fsp3) is 0.375. The molecular formula is C16H17N5O2S. The Balaban J connectivity index is 1.50. The van der Waals surface area contributed by atoms with E-state index in [9.17, 15) is 9.59 Å². The van der Waals surface area contributed by atoms with Gasteiger partial charge in [-0.3, -0.25) is 19.6 Å². The van der Waals surface area contributed by atoms with Gasteiger partial charge < -0.3 is 5.32 Å². The van der Waals surface area contributed by atoms with E-state index in [0.29, 0.717) is 16.8 Å². The molecule has 8 heteroatoms. The van der Waals surface area contributed by atoms with Gasteiger partial charge in [-0.1, -0.05) is 23.9 Å². The molecule has 124 valence electrons. The summed E-state index contributed by atoms with van der Waals surface area (Å²) in [5.41, 5.74) is 1.39. The SMILES string of the molecule is C[C@@H](Sc1n[nH]c(C2CC2)n1)C(=O)N1CC(=O)Nc2ccccc21. The number of thioether (sulfide) groups is 1. The lowest BCUT2D eigenvalue weighted by Crippen LogP contribution is -2.45. The Kier molecular flexibility index (Phi) is 3.76. The molecule has 1 aliphatic heterocycles. The van der Waals surface area contributed by atoms with Crippen molar-refractivity contribution in [1.29, 1.82) is 0 Å². The van der Waals surface area contributed by atoms with Gasteiger partial charge in [0.1, 0.15) is 12.4 Å². The van der Waals surface area contributed by atoms with Crippen LogP contribution in [0.4, 0.5) is 11.4 Å². The molecule has 2 amide bonds. The number of benzene rings is 1. The minimum atomic E-state index is -0.383. The second-order valence-electron chi connectivity index (χ2n) is 6.03. The third-order valence-corrected chi connectivity index (χ3v) is 5.06. The first-order chi connectivity index (χ1) is 11.6. The summed E-state index contributed by atoms with van der Waals surface area (Å²) in [5.74, 6) is 1.09. The van der Waals surface area contributed by atoms with Crippen LogP contribution in [0.3, 0.4) is 0 Å². The molecule has 1 aromatic heterocycles. The Morgan fingerprint density at radius 3 is 2.96 bits per heavy atom. The molecule has 4 rings (SSSR count). The summed E-state index contributed by atoms with van der Waals surface area (Å²) in [6.07, 6.45) is 2.29. The Morgan fingerprint density at radius 2 is 2.17 bits per heavy atom. The number of anilines is 2. The Bertz CT molecular complexity index is 801. The molecule has 7 nitrogen and oxygen atoms in total. The summed E-state index contributed by atoms with van der Waals surface area (Å²) in [4.78, 5) is 30.7. The van der Waals surface area contributed by atoms with E-state index in [1.165, 1.54) is 16.7 Å². The van der Waals surface area contributed by atoms with Crippen molar-refractivity contribution in [3.05, 3.63) is 30.1 Å². The van der Waals surface area contributed by atoms with Gasteiger partial charge in [-0.2, -0.15) is 0 Å². The molecule has 1 saturated carbocycles. The predicted octanol–water partition coefficient (Wildman–Crippen LogP) is 2.15. The number of carbonyl (C=O) groups excluding carboxylic acids is 2. The van der Waals surface area contributed by atoms with E-state index in [2.05, 4.69) is 20.5 Å². The highest BCUT2D eigenvalue weighted by Gasteiger charge is 2.31. The summed E-state index contributed by atoms with van der Waals surface area (Å²) in [7, 11) is 0. The van der Waals surface area contributed by atoms with Crippen molar-refractivity contribution in [2.24, 2.45) is 0 Å². The lowest BCUT2D eigenvalue weighted by Gasteiger charge is -2.30. The number of hydrogen-bond acceptors (Lipinski definition) is 5. The average Bonchev–Trinajstić information content (AvgIpc) is 3.33. The second kappa shape index (κ2) is 5.94. The minimum absolute atomic E-state index is 0.0298. The fourth-order valence-electron chi connectivity index (χ4n) is 2.71. The average molecular weight is 343 g/mol. The first-order valence-electron chi connectivity index (χ1n) is 7.91. The minimum Gasteiger partial charge on any atom is -0.323 e. The molecule has 2 aliphatic rings. The van der Waals surface area contributed by atoms with Gasteiger partial charge in [-0.25, -0.2) is 4.98 Å². The number of para-hydroxylation sites is 2. The second-order valence-corrected chi connectivity index (χ2v) is 7.34. The molecule has 0 radical (unpaired) electrons. The smallest absolute Gasteiger partial charge is 0.244 e. The summed E-state index contributed by atoms with van der Waals surface area (Å²) >= 11 is 1.31. The predicted molar refractivity (Wildman–Crippen MR) is 91.1 cm³/mol.